The average Bonchev–Trinajstić information content (AvgIpc) is 2.28. The molecule has 1 aromatic heterocycles. The molecule has 0 aromatic carbocycles. The molecule has 0 saturated heterocycles. The molecule has 5 nitrogen and oxygen atoms in total. The lowest BCUT2D eigenvalue weighted by Gasteiger charge is -2.18. The smallest absolute Gasteiger partial charge is 0.145 e. The Morgan fingerprint density at radius 2 is 1.88 bits per heavy atom. The molecular weight excluding hydrogens is 214 g/mol. The van der Waals surface area contributed by atoms with Crippen molar-refractivity contribution in [1.82, 2.24) is 9.97 Å². The molecule has 0 aliphatic rings. The maximum atomic E-state index is 5.42. The van der Waals surface area contributed by atoms with Gasteiger partial charge in [-0.25, -0.2) is 15.8 Å². The van der Waals surface area contributed by atoms with Gasteiger partial charge in [0.1, 0.15) is 17.5 Å². The zero-order valence-corrected chi connectivity index (χ0v) is 11.2. The molecule has 96 valence electrons. The minimum Gasteiger partial charge on any atom is -0.370 e. The molecule has 0 radical (unpaired) electrons. The number of aromatic nitrogens is 2. The molecule has 0 spiro atoms. The van der Waals surface area contributed by atoms with Crippen LogP contribution in [-0.2, 0) is 5.41 Å². The molecule has 0 unspecified atom stereocenters. The van der Waals surface area contributed by atoms with E-state index in [9.17, 15) is 0 Å². The summed E-state index contributed by atoms with van der Waals surface area (Å²) >= 11 is 0. The monoisotopic (exact) mass is 237 g/mol. The first kappa shape index (κ1) is 13.7. The van der Waals surface area contributed by atoms with E-state index in [2.05, 4.69) is 48.4 Å². The SMILES string of the molecule is CCCCNc1cc(NN)nc(C(C)(C)C)n1. The van der Waals surface area contributed by atoms with Crippen molar-refractivity contribution in [2.24, 2.45) is 5.84 Å². The number of hydrogen-bond donors (Lipinski definition) is 3. The van der Waals surface area contributed by atoms with Gasteiger partial charge in [0.15, 0.2) is 0 Å². The standard InChI is InChI=1S/C12H23N5/c1-5-6-7-14-9-8-10(17-13)16-11(15-9)12(2,3)4/h8H,5-7,13H2,1-4H3,(H2,14,15,16,17). The van der Waals surface area contributed by atoms with Gasteiger partial charge in [-0.1, -0.05) is 34.1 Å². The number of hydrogen-bond acceptors (Lipinski definition) is 5. The second-order valence-electron chi connectivity index (χ2n) is 5.14. The number of nitrogens with two attached hydrogens (primary N) is 1. The third-order valence-electron chi connectivity index (χ3n) is 2.38. The highest BCUT2D eigenvalue weighted by molar-refractivity contribution is 5.47. The Balaban J connectivity index is 2.89. The van der Waals surface area contributed by atoms with Gasteiger partial charge in [-0.05, 0) is 6.42 Å². The van der Waals surface area contributed by atoms with Crippen LogP contribution in [0.4, 0.5) is 11.6 Å². The van der Waals surface area contributed by atoms with Gasteiger partial charge in [0.05, 0.1) is 0 Å². The Labute approximate surface area is 103 Å². The molecule has 0 amide bonds. The second-order valence-corrected chi connectivity index (χ2v) is 5.14. The molecule has 0 aliphatic carbocycles. The van der Waals surface area contributed by atoms with Gasteiger partial charge in [0, 0.05) is 18.0 Å². The van der Waals surface area contributed by atoms with Crippen LogP contribution in [0.2, 0.25) is 0 Å². The van der Waals surface area contributed by atoms with E-state index in [0.717, 1.165) is 31.0 Å². The molecule has 0 bridgehead atoms. The molecule has 5 heteroatoms. The number of hydrazine groups is 1. The van der Waals surface area contributed by atoms with Crippen LogP contribution < -0.4 is 16.6 Å². The highest BCUT2D eigenvalue weighted by Crippen LogP contribution is 2.21. The maximum Gasteiger partial charge on any atom is 0.145 e. The van der Waals surface area contributed by atoms with Gasteiger partial charge in [-0.15, -0.1) is 0 Å². The fraction of sp³-hybridized carbons (Fsp3) is 0.667. The van der Waals surface area contributed by atoms with Crippen LogP contribution in [0.15, 0.2) is 6.07 Å². The minimum absolute atomic E-state index is 0.0892. The predicted octanol–water partition coefficient (Wildman–Crippen LogP) is 2.27. The van der Waals surface area contributed by atoms with E-state index in [4.69, 9.17) is 5.84 Å². The third-order valence-corrected chi connectivity index (χ3v) is 2.38. The van der Waals surface area contributed by atoms with Crippen LogP contribution in [0.5, 0.6) is 0 Å². The van der Waals surface area contributed by atoms with Crippen LogP contribution in [0.1, 0.15) is 46.4 Å². The summed E-state index contributed by atoms with van der Waals surface area (Å²) in [5.41, 5.74) is 2.49. The van der Waals surface area contributed by atoms with Crippen LogP contribution in [0.25, 0.3) is 0 Å². The van der Waals surface area contributed by atoms with Crippen molar-refractivity contribution in [1.29, 1.82) is 0 Å². The van der Waals surface area contributed by atoms with Gasteiger partial charge >= 0.3 is 0 Å². The number of unbranched alkanes of at least 4 members (excludes halogenated alkanes) is 1. The zero-order chi connectivity index (χ0) is 12.9. The van der Waals surface area contributed by atoms with E-state index in [0.29, 0.717) is 5.82 Å². The van der Waals surface area contributed by atoms with Crippen LogP contribution >= 0.6 is 0 Å². The van der Waals surface area contributed by atoms with Crippen LogP contribution in [0, 0.1) is 0 Å². The first-order chi connectivity index (χ1) is 7.97. The van der Waals surface area contributed by atoms with Gasteiger partial charge in [0.2, 0.25) is 0 Å². The summed E-state index contributed by atoms with van der Waals surface area (Å²) in [5.74, 6) is 7.67. The normalized spacial score (nSPS) is 11.4. The molecule has 0 saturated carbocycles. The lowest BCUT2D eigenvalue weighted by molar-refractivity contribution is 0.546. The Hall–Kier alpha value is -1.36. The molecule has 1 heterocycles. The predicted molar refractivity (Wildman–Crippen MR) is 71.9 cm³/mol. The highest BCUT2D eigenvalue weighted by atomic mass is 15.3. The van der Waals surface area contributed by atoms with Crippen LogP contribution in [0.3, 0.4) is 0 Å². The van der Waals surface area contributed by atoms with Crippen molar-refractivity contribution in [2.75, 3.05) is 17.3 Å². The van der Waals surface area contributed by atoms with Crippen molar-refractivity contribution >= 4 is 11.6 Å². The maximum absolute atomic E-state index is 5.42. The van der Waals surface area contributed by atoms with Crippen molar-refractivity contribution in [3.8, 4) is 0 Å². The molecule has 1 rings (SSSR count). The van der Waals surface area contributed by atoms with E-state index < -0.39 is 0 Å². The molecule has 0 fully saturated rings. The van der Waals surface area contributed by atoms with E-state index in [1.165, 1.54) is 0 Å². The number of nitrogens with one attached hydrogen (secondary N) is 2. The first-order valence-electron chi connectivity index (χ1n) is 6.07. The first-order valence-corrected chi connectivity index (χ1v) is 6.07. The van der Waals surface area contributed by atoms with Gasteiger partial charge in [0.25, 0.3) is 0 Å². The van der Waals surface area contributed by atoms with E-state index in [1.54, 1.807) is 0 Å². The van der Waals surface area contributed by atoms with Gasteiger partial charge in [-0.2, -0.15) is 0 Å². The number of anilines is 2. The zero-order valence-electron chi connectivity index (χ0n) is 11.2. The summed E-state index contributed by atoms with van der Waals surface area (Å²) < 4.78 is 0. The number of nitrogen functional groups attached to an aromatic ring is 1. The summed E-state index contributed by atoms with van der Waals surface area (Å²) in [4.78, 5) is 8.87. The summed E-state index contributed by atoms with van der Waals surface area (Å²) in [6.07, 6.45) is 2.28. The summed E-state index contributed by atoms with van der Waals surface area (Å²) in [6.45, 7) is 9.32. The molecular formula is C12H23N5. The lowest BCUT2D eigenvalue weighted by Crippen LogP contribution is -2.20. The number of nitrogens with zero attached hydrogens (tertiary/aromatic N) is 2. The van der Waals surface area contributed by atoms with Gasteiger partial charge < -0.3 is 10.7 Å². The quantitative estimate of drug-likeness (QED) is 0.416. The van der Waals surface area contributed by atoms with E-state index in [-0.39, 0.29) is 5.41 Å². The Kier molecular flexibility index (Phi) is 4.69. The van der Waals surface area contributed by atoms with Crippen molar-refractivity contribution in [3.05, 3.63) is 11.9 Å². The molecule has 0 atom stereocenters. The Bertz CT molecular complexity index is 356. The average molecular weight is 237 g/mol. The van der Waals surface area contributed by atoms with Crippen molar-refractivity contribution in [3.63, 3.8) is 0 Å². The Morgan fingerprint density at radius 1 is 1.24 bits per heavy atom. The molecule has 4 N–H and O–H groups in total. The number of rotatable bonds is 5. The molecule has 0 aliphatic heterocycles. The second kappa shape index (κ2) is 5.82. The van der Waals surface area contributed by atoms with Crippen LogP contribution in [-0.4, -0.2) is 16.5 Å². The highest BCUT2D eigenvalue weighted by Gasteiger charge is 2.18. The fourth-order valence-corrected chi connectivity index (χ4v) is 1.34. The van der Waals surface area contributed by atoms with E-state index in [1.807, 2.05) is 6.07 Å². The van der Waals surface area contributed by atoms with E-state index >= 15 is 0 Å². The fourth-order valence-electron chi connectivity index (χ4n) is 1.34. The lowest BCUT2D eigenvalue weighted by atomic mass is 9.96. The topological polar surface area (TPSA) is 75.9 Å². The third kappa shape index (κ3) is 4.19. The van der Waals surface area contributed by atoms with Crippen molar-refractivity contribution in [2.45, 2.75) is 46.0 Å². The molecule has 1 aromatic rings. The summed E-state index contributed by atoms with van der Waals surface area (Å²) in [6, 6.07) is 1.82. The van der Waals surface area contributed by atoms with Crippen molar-refractivity contribution < 1.29 is 0 Å². The van der Waals surface area contributed by atoms with Gasteiger partial charge in [-0.3, -0.25) is 0 Å². The minimum atomic E-state index is -0.0892. The summed E-state index contributed by atoms with van der Waals surface area (Å²) in [7, 11) is 0. The molecule has 17 heavy (non-hydrogen) atoms. The Morgan fingerprint density at radius 3 is 2.41 bits per heavy atom. The largest absolute Gasteiger partial charge is 0.370 e. The summed E-state index contributed by atoms with van der Waals surface area (Å²) in [5, 5.41) is 3.29.